The molecule has 1 aliphatic rings. The summed E-state index contributed by atoms with van der Waals surface area (Å²) in [6.45, 7) is 3.92. The van der Waals surface area contributed by atoms with Gasteiger partial charge in [0.25, 0.3) is 0 Å². The Hall–Kier alpha value is -0.240. The molecule has 0 atom stereocenters. The monoisotopic (exact) mass is 371 g/mol. The Morgan fingerprint density at radius 1 is 1.14 bits per heavy atom. The van der Waals surface area contributed by atoms with Crippen molar-refractivity contribution in [2.24, 2.45) is 0 Å². The summed E-state index contributed by atoms with van der Waals surface area (Å²) in [5.74, 6) is -0.0116. The summed E-state index contributed by atoms with van der Waals surface area (Å²) >= 11 is 17.7. The van der Waals surface area contributed by atoms with E-state index >= 15 is 0 Å². The van der Waals surface area contributed by atoms with Gasteiger partial charge < -0.3 is 5.32 Å². The number of nitrogens with one attached hydrogen (secondary N) is 2. The average Bonchev–Trinajstić information content (AvgIpc) is 2.42. The molecule has 0 aromatic heterocycles. The topological polar surface area (TPSA) is 61.4 Å². The van der Waals surface area contributed by atoms with E-state index in [2.05, 4.69) is 14.9 Å². The lowest BCUT2D eigenvalue weighted by Gasteiger charge is -2.27. The van der Waals surface area contributed by atoms with Crippen LogP contribution >= 0.6 is 34.8 Å². The largest absolute Gasteiger partial charge is 0.314 e. The number of benzene rings is 1. The third-order valence-corrected chi connectivity index (χ3v) is 5.20. The van der Waals surface area contributed by atoms with Crippen LogP contribution in [0.2, 0.25) is 15.1 Å². The van der Waals surface area contributed by atoms with Crippen molar-refractivity contribution in [3.8, 4) is 0 Å². The third kappa shape index (κ3) is 5.16. The number of nitrogens with zero attached hydrogens (tertiary/aromatic N) is 1. The minimum atomic E-state index is -3.52. The van der Waals surface area contributed by atoms with Crippen LogP contribution in [0.25, 0.3) is 0 Å². The molecular formula is C12H16Cl3N3O2S. The third-order valence-electron chi connectivity index (χ3n) is 3.15. The fourth-order valence-corrected chi connectivity index (χ4v) is 4.19. The lowest BCUT2D eigenvalue weighted by molar-refractivity contribution is 0.254. The van der Waals surface area contributed by atoms with Crippen molar-refractivity contribution in [2.45, 2.75) is 0 Å². The first kappa shape index (κ1) is 17.1. The van der Waals surface area contributed by atoms with Crippen LogP contribution in [-0.4, -0.2) is 51.8 Å². The van der Waals surface area contributed by atoms with Crippen LogP contribution in [0.1, 0.15) is 0 Å². The van der Waals surface area contributed by atoms with Gasteiger partial charge in [-0.3, -0.25) is 9.62 Å². The van der Waals surface area contributed by atoms with Gasteiger partial charge in [-0.2, -0.15) is 0 Å². The van der Waals surface area contributed by atoms with Gasteiger partial charge in [-0.1, -0.05) is 34.8 Å². The molecule has 5 nitrogen and oxygen atoms in total. The van der Waals surface area contributed by atoms with E-state index in [4.69, 9.17) is 34.8 Å². The highest BCUT2D eigenvalue weighted by molar-refractivity contribution is 7.92. The minimum absolute atomic E-state index is 0.0116. The van der Waals surface area contributed by atoms with Crippen LogP contribution in [0.5, 0.6) is 0 Å². The van der Waals surface area contributed by atoms with Crippen LogP contribution < -0.4 is 10.0 Å². The lowest BCUT2D eigenvalue weighted by Crippen LogP contribution is -2.45. The standard InChI is InChI=1S/C12H16Cl3N3O2S/c13-9-7-10(14)12(11(15)8-9)17-21(19,20)6-5-18-3-1-16-2-4-18/h7-8,16-17H,1-6H2. The smallest absolute Gasteiger partial charge is 0.234 e. The van der Waals surface area contributed by atoms with Gasteiger partial charge in [0.1, 0.15) is 0 Å². The summed E-state index contributed by atoms with van der Waals surface area (Å²) in [6.07, 6.45) is 0. The quantitative estimate of drug-likeness (QED) is 0.832. The first-order chi connectivity index (χ1) is 9.87. The normalized spacial score (nSPS) is 16.9. The lowest BCUT2D eigenvalue weighted by atomic mass is 10.3. The first-order valence-corrected chi connectivity index (χ1v) is 9.24. The Morgan fingerprint density at radius 2 is 1.71 bits per heavy atom. The second-order valence-corrected chi connectivity index (χ2v) is 7.85. The highest BCUT2D eigenvalue weighted by atomic mass is 35.5. The number of piperazine rings is 1. The predicted octanol–water partition coefficient (Wildman–Crippen LogP) is 2.29. The molecule has 0 spiro atoms. The SMILES string of the molecule is O=S(=O)(CCN1CCNCC1)Nc1c(Cl)cc(Cl)cc1Cl. The molecule has 1 aromatic carbocycles. The summed E-state index contributed by atoms with van der Waals surface area (Å²) < 4.78 is 26.7. The summed E-state index contributed by atoms with van der Waals surface area (Å²) in [4.78, 5) is 2.10. The van der Waals surface area contributed by atoms with E-state index in [1.807, 2.05) is 0 Å². The number of hydrogen-bond acceptors (Lipinski definition) is 4. The number of halogens is 3. The molecule has 0 unspecified atom stereocenters. The highest BCUT2D eigenvalue weighted by Crippen LogP contribution is 2.34. The second kappa shape index (κ2) is 7.35. The van der Waals surface area contributed by atoms with Crippen molar-refractivity contribution in [3.63, 3.8) is 0 Å². The molecule has 0 saturated carbocycles. The summed E-state index contributed by atoms with van der Waals surface area (Å²) in [6, 6.07) is 2.90. The van der Waals surface area contributed by atoms with E-state index in [0.29, 0.717) is 11.6 Å². The van der Waals surface area contributed by atoms with Gasteiger partial charge >= 0.3 is 0 Å². The molecule has 0 bridgehead atoms. The summed E-state index contributed by atoms with van der Waals surface area (Å²) in [5, 5.41) is 3.93. The molecule has 1 heterocycles. The Labute approximate surface area is 139 Å². The Balaban J connectivity index is 2.00. The fourth-order valence-electron chi connectivity index (χ4n) is 2.03. The van der Waals surface area contributed by atoms with Crippen molar-refractivity contribution < 1.29 is 8.42 Å². The van der Waals surface area contributed by atoms with Crippen LogP contribution in [-0.2, 0) is 10.0 Å². The van der Waals surface area contributed by atoms with Crippen molar-refractivity contribution >= 4 is 50.5 Å². The zero-order valence-corrected chi connectivity index (χ0v) is 14.3. The maximum absolute atomic E-state index is 12.1. The maximum atomic E-state index is 12.1. The molecule has 2 N–H and O–H groups in total. The second-order valence-electron chi connectivity index (χ2n) is 4.76. The van der Waals surface area contributed by atoms with E-state index in [1.165, 1.54) is 12.1 Å². The maximum Gasteiger partial charge on any atom is 0.234 e. The van der Waals surface area contributed by atoms with Gasteiger partial charge in [0.05, 0.1) is 21.5 Å². The molecular weight excluding hydrogens is 357 g/mol. The average molecular weight is 373 g/mol. The van der Waals surface area contributed by atoms with E-state index in [-0.39, 0.29) is 21.5 Å². The molecule has 9 heteroatoms. The molecule has 118 valence electrons. The van der Waals surface area contributed by atoms with Crippen molar-refractivity contribution in [2.75, 3.05) is 43.2 Å². The predicted molar refractivity (Wildman–Crippen MR) is 88.2 cm³/mol. The van der Waals surface area contributed by atoms with Crippen LogP contribution in [0, 0.1) is 0 Å². The molecule has 2 rings (SSSR count). The molecule has 0 radical (unpaired) electrons. The molecule has 0 aliphatic carbocycles. The Kier molecular flexibility index (Phi) is 5.99. The van der Waals surface area contributed by atoms with Gasteiger partial charge in [0.15, 0.2) is 0 Å². The van der Waals surface area contributed by atoms with Crippen molar-refractivity contribution in [1.29, 1.82) is 0 Å². The zero-order chi connectivity index (χ0) is 15.5. The summed E-state index contributed by atoms with van der Waals surface area (Å²) in [5.41, 5.74) is 0.169. The molecule has 0 amide bonds. The molecule has 1 aliphatic heterocycles. The van der Waals surface area contributed by atoms with Gasteiger partial charge in [-0.15, -0.1) is 0 Å². The van der Waals surface area contributed by atoms with E-state index in [0.717, 1.165) is 26.2 Å². The minimum Gasteiger partial charge on any atom is -0.314 e. The van der Waals surface area contributed by atoms with Crippen molar-refractivity contribution in [1.82, 2.24) is 10.2 Å². The van der Waals surface area contributed by atoms with Gasteiger partial charge in [0, 0.05) is 37.7 Å². The zero-order valence-electron chi connectivity index (χ0n) is 11.2. The van der Waals surface area contributed by atoms with Gasteiger partial charge in [0.2, 0.25) is 10.0 Å². The van der Waals surface area contributed by atoms with E-state index < -0.39 is 10.0 Å². The van der Waals surface area contributed by atoms with Crippen LogP contribution in [0.3, 0.4) is 0 Å². The first-order valence-electron chi connectivity index (χ1n) is 6.45. The van der Waals surface area contributed by atoms with E-state index in [9.17, 15) is 8.42 Å². The van der Waals surface area contributed by atoms with Gasteiger partial charge in [-0.05, 0) is 12.1 Å². The number of sulfonamides is 1. The van der Waals surface area contributed by atoms with E-state index in [1.54, 1.807) is 0 Å². The fraction of sp³-hybridized carbons (Fsp3) is 0.500. The molecule has 1 aromatic rings. The Bertz CT molecular complexity index is 581. The van der Waals surface area contributed by atoms with Crippen molar-refractivity contribution in [3.05, 3.63) is 27.2 Å². The molecule has 1 fully saturated rings. The summed E-state index contributed by atoms with van der Waals surface area (Å²) in [7, 11) is -3.52. The van der Waals surface area contributed by atoms with Crippen LogP contribution in [0.15, 0.2) is 12.1 Å². The molecule has 21 heavy (non-hydrogen) atoms. The number of anilines is 1. The number of rotatable bonds is 5. The number of hydrogen-bond donors (Lipinski definition) is 2. The Morgan fingerprint density at radius 3 is 2.29 bits per heavy atom. The van der Waals surface area contributed by atoms with Gasteiger partial charge in [-0.25, -0.2) is 8.42 Å². The van der Waals surface area contributed by atoms with Crippen LogP contribution in [0.4, 0.5) is 5.69 Å². The highest BCUT2D eigenvalue weighted by Gasteiger charge is 2.18. The molecule has 1 saturated heterocycles.